The van der Waals surface area contributed by atoms with Crippen molar-refractivity contribution < 1.29 is 63.9 Å². The lowest BCUT2D eigenvalue weighted by molar-refractivity contribution is -0.115. The molecule has 410 valence electrons. The second-order valence-corrected chi connectivity index (χ2v) is 23.4. The Labute approximate surface area is 462 Å². The molecule has 1 aliphatic rings. The van der Waals surface area contributed by atoms with Crippen LogP contribution in [0.2, 0.25) is 0 Å². The first-order valence-corrected chi connectivity index (χ1v) is 30.3. The molecule has 0 saturated heterocycles. The molecule has 8 aromatic carbocycles. The summed E-state index contributed by atoms with van der Waals surface area (Å²) in [5.74, 6) is -1.17. The van der Waals surface area contributed by atoms with Crippen molar-refractivity contribution in [2.75, 3.05) is 6.61 Å². The molecule has 8 aromatic rings. The highest BCUT2D eigenvalue weighted by Gasteiger charge is 2.59. The molecule has 0 bridgehead atoms. The van der Waals surface area contributed by atoms with Gasteiger partial charge in [-0.15, -0.1) is 0 Å². The van der Waals surface area contributed by atoms with Gasteiger partial charge >= 0.3 is 23.5 Å². The SMILES string of the molecule is O=P(OCc1ccccc1)(OCc1ccccc1)OC[C@H]1[C@@H](OCc2ccccc2)[C@H](OCc2ccccc2)[C@@H](OP(=O)(OCc2ccccc2)OCc2ccccc2)[C@@H]1OP(=O)(OCc1ccccc1)OCc1ccccc1. The molecular formula is C62H63O14P3. The van der Waals surface area contributed by atoms with Gasteiger partial charge in [-0.05, 0) is 44.5 Å². The molecule has 0 aromatic heterocycles. The van der Waals surface area contributed by atoms with Crippen LogP contribution in [0.15, 0.2) is 243 Å². The molecule has 1 aliphatic carbocycles. The van der Waals surface area contributed by atoms with E-state index in [0.29, 0.717) is 33.4 Å². The van der Waals surface area contributed by atoms with E-state index in [9.17, 15) is 0 Å². The van der Waals surface area contributed by atoms with E-state index in [1.165, 1.54) is 0 Å². The summed E-state index contributed by atoms with van der Waals surface area (Å²) in [6.45, 7) is -1.60. The van der Waals surface area contributed by atoms with Gasteiger partial charge in [0.15, 0.2) is 0 Å². The maximum Gasteiger partial charge on any atom is 0.475 e. The number of ether oxygens (including phenoxy) is 2. The zero-order chi connectivity index (χ0) is 54.4. The van der Waals surface area contributed by atoms with E-state index in [1.54, 1.807) is 0 Å². The third-order valence-electron chi connectivity index (χ3n) is 12.7. The normalized spacial score (nSPS) is 17.6. The molecule has 17 heteroatoms. The summed E-state index contributed by atoms with van der Waals surface area (Å²) in [7, 11) is -14.1. The van der Waals surface area contributed by atoms with E-state index < -0.39 is 60.4 Å². The fraction of sp³-hybridized carbons (Fsp3) is 0.226. The number of hydrogen-bond donors (Lipinski definition) is 0. The summed E-state index contributed by atoms with van der Waals surface area (Å²) < 4.78 is 118. The Morgan fingerprint density at radius 1 is 0.241 bits per heavy atom. The van der Waals surface area contributed by atoms with Gasteiger partial charge in [0.1, 0.15) is 18.3 Å². The molecule has 0 unspecified atom stereocenters. The molecule has 0 aliphatic heterocycles. The average molecular weight is 1130 g/mol. The van der Waals surface area contributed by atoms with Gasteiger partial charge in [0.05, 0.1) is 65.6 Å². The van der Waals surface area contributed by atoms with Crippen LogP contribution in [0.5, 0.6) is 0 Å². The average Bonchev–Trinajstić information content (AvgIpc) is 4.05. The summed E-state index contributed by atoms with van der Waals surface area (Å²) in [6.07, 6.45) is -5.49. The van der Waals surface area contributed by atoms with Crippen LogP contribution in [-0.2, 0) is 117 Å². The van der Waals surface area contributed by atoms with Crippen molar-refractivity contribution in [2.45, 2.75) is 77.3 Å². The zero-order valence-corrected chi connectivity index (χ0v) is 46.1. The topological polar surface area (TPSA) is 153 Å². The van der Waals surface area contributed by atoms with Crippen molar-refractivity contribution in [1.82, 2.24) is 0 Å². The number of hydrogen-bond acceptors (Lipinski definition) is 14. The summed E-state index contributed by atoms with van der Waals surface area (Å²) in [6, 6.07) is 73.8. The molecule has 0 radical (unpaired) electrons. The minimum Gasteiger partial charge on any atom is -0.370 e. The minimum atomic E-state index is -4.79. The molecule has 79 heavy (non-hydrogen) atoms. The van der Waals surface area contributed by atoms with Crippen LogP contribution in [0.4, 0.5) is 0 Å². The predicted octanol–water partition coefficient (Wildman–Crippen LogP) is 15.2. The Morgan fingerprint density at radius 3 is 0.747 bits per heavy atom. The zero-order valence-electron chi connectivity index (χ0n) is 43.4. The maximum atomic E-state index is 15.8. The highest BCUT2D eigenvalue weighted by molar-refractivity contribution is 7.49. The molecule has 5 atom stereocenters. The maximum absolute atomic E-state index is 15.8. The van der Waals surface area contributed by atoms with E-state index in [1.807, 2.05) is 243 Å². The summed E-state index contributed by atoms with van der Waals surface area (Å²) >= 11 is 0. The van der Waals surface area contributed by atoms with Gasteiger partial charge in [0.25, 0.3) is 0 Å². The second-order valence-electron chi connectivity index (χ2n) is 18.5. The number of phosphoric acid groups is 3. The van der Waals surface area contributed by atoms with Gasteiger partial charge in [-0.25, -0.2) is 13.7 Å². The van der Waals surface area contributed by atoms with E-state index in [0.717, 1.165) is 11.1 Å². The largest absolute Gasteiger partial charge is 0.475 e. The van der Waals surface area contributed by atoms with Crippen molar-refractivity contribution in [3.8, 4) is 0 Å². The molecule has 1 saturated carbocycles. The van der Waals surface area contributed by atoms with E-state index in [-0.39, 0.29) is 52.9 Å². The third kappa shape index (κ3) is 18.0. The van der Waals surface area contributed by atoms with Crippen LogP contribution < -0.4 is 0 Å². The van der Waals surface area contributed by atoms with Gasteiger partial charge in [0, 0.05) is 5.92 Å². The van der Waals surface area contributed by atoms with Crippen molar-refractivity contribution in [3.05, 3.63) is 287 Å². The summed E-state index contributed by atoms with van der Waals surface area (Å²) in [5, 5.41) is 0. The molecular weight excluding hydrogens is 1060 g/mol. The molecule has 0 heterocycles. The lowest BCUT2D eigenvalue weighted by Gasteiger charge is -2.31. The fourth-order valence-corrected chi connectivity index (χ4v) is 12.5. The monoisotopic (exact) mass is 1120 g/mol. The lowest BCUT2D eigenvalue weighted by Crippen LogP contribution is -2.38. The standard InChI is InChI=1S/C62H63O14P3/c63-77(68-43-52-29-13-3-14-30-52,69-44-53-31-15-4-16-32-53)74-49-58-59(66-41-50-25-9-1-10-26-50)61(67-42-51-27-11-2-12-28-51)62(76-79(65,72-47-56-37-21-7-22-38-56)73-48-57-39-23-8-24-40-57)60(58)75-78(64,70-45-54-33-17-5-18-34-54)71-46-55-35-19-6-20-36-55/h1-40,58-62H,41-49H2/t58-,59+,60+,61-,62-/m0/s1. The van der Waals surface area contributed by atoms with Crippen LogP contribution in [0.25, 0.3) is 0 Å². The second kappa shape index (κ2) is 29.5. The Balaban J connectivity index is 1.16. The van der Waals surface area contributed by atoms with Gasteiger partial charge in [-0.2, -0.15) is 0 Å². The van der Waals surface area contributed by atoms with Crippen LogP contribution in [0.1, 0.15) is 44.5 Å². The molecule has 0 amide bonds. The fourth-order valence-electron chi connectivity index (χ4n) is 8.59. The predicted molar refractivity (Wildman–Crippen MR) is 299 cm³/mol. The number of benzene rings is 8. The Morgan fingerprint density at radius 2 is 0.468 bits per heavy atom. The van der Waals surface area contributed by atoms with Crippen molar-refractivity contribution in [1.29, 1.82) is 0 Å². The van der Waals surface area contributed by atoms with Crippen LogP contribution >= 0.6 is 23.5 Å². The number of rotatable bonds is 31. The van der Waals surface area contributed by atoms with E-state index in [2.05, 4.69) is 0 Å². The molecule has 0 N–H and O–H groups in total. The smallest absolute Gasteiger partial charge is 0.370 e. The van der Waals surface area contributed by atoms with Gasteiger partial charge in [-0.3, -0.25) is 40.7 Å². The summed E-state index contributed by atoms with van der Waals surface area (Å²) in [4.78, 5) is 0. The molecule has 14 nitrogen and oxygen atoms in total. The molecule has 9 rings (SSSR count). The first-order valence-electron chi connectivity index (χ1n) is 25.9. The third-order valence-corrected chi connectivity index (χ3v) is 16.8. The first kappa shape index (κ1) is 57.7. The molecule has 1 fully saturated rings. The quantitative estimate of drug-likeness (QED) is 0.0379. The van der Waals surface area contributed by atoms with Crippen LogP contribution in [0.3, 0.4) is 0 Å². The van der Waals surface area contributed by atoms with Gasteiger partial charge in [0.2, 0.25) is 0 Å². The van der Waals surface area contributed by atoms with Crippen LogP contribution in [0, 0.1) is 5.92 Å². The van der Waals surface area contributed by atoms with Gasteiger partial charge in [-0.1, -0.05) is 243 Å². The van der Waals surface area contributed by atoms with Crippen molar-refractivity contribution in [2.24, 2.45) is 5.92 Å². The highest BCUT2D eigenvalue weighted by atomic mass is 31.2. The van der Waals surface area contributed by atoms with E-state index in [4.69, 9.17) is 50.2 Å². The Bertz CT molecular complexity index is 3010. The van der Waals surface area contributed by atoms with Crippen LogP contribution in [-0.4, -0.2) is 31.0 Å². The summed E-state index contributed by atoms with van der Waals surface area (Å²) in [5.41, 5.74) is 5.67. The lowest BCUT2D eigenvalue weighted by atomic mass is 10.0. The Hall–Kier alpha value is -5.99. The van der Waals surface area contributed by atoms with Crippen molar-refractivity contribution in [3.63, 3.8) is 0 Å². The Kier molecular flexibility index (Phi) is 21.5. The number of phosphoric ester groups is 3. The first-order chi connectivity index (χ1) is 38.7. The van der Waals surface area contributed by atoms with Gasteiger partial charge < -0.3 is 9.47 Å². The minimum absolute atomic E-state index is 0.0115. The molecule has 0 spiro atoms. The van der Waals surface area contributed by atoms with E-state index >= 15 is 13.7 Å². The highest BCUT2D eigenvalue weighted by Crippen LogP contribution is 2.60. The van der Waals surface area contributed by atoms with Crippen molar-refractivity contribution >= 4 is 23.5 Å².